The van der Waals surface area contributed by atoms with E-state index in [9.17, 15) is 14.4 Å². The number of methoxy groups -OCH3 is 1. The number of alkyl carbamates (subject to hydrolysis) is 1. The minimum atomic E-state index is -0.871. The molecule has 0 radical (unpaired) electrons. The molecule has 2 aromatic carbocycles. The fraction of sp³-hybridized carbons (Fsp3) is 0.261. The van der Waals surface area contributed by atoms with Gasteiger partial charge in [0.1, 0.15) is 18.4 Å². The van der Waals surface area contributed by atoms with E-state index in [-0.39, 0.29) is 37.6 Å². The van der Waals surface area contributed by atoms with E-state index in [2.05, 4.69) is 15.5 Å². The second-order valence-corrected chi connectivity index (χ2v) is 7.54. The molecule has 32 heavy (non-hydrogen) atoms. The fourth-order valence-electron chi connectivity index (χ4n) is 3.65. The zero-order valence-corrected chi connectivity index (χ0v) is 17.6. The van der Waals surface area contributed by atoms with Crippen LogP contribution in [0.3, 0.4) is 0 Å². The highest BCUT2D eigenvalue weighted by molar-refractivity contribution is 5.86. The number of ether oxygens (including phenoxy) is 2. The van der Waals surface area contributed by atoms with Crippen LogP contribution in [-0.2, 0) is 35.6 Å². The summed E-state index contributed by atoms with van der Waals surface area (Å²) in [6.45, 7) is 0.510. The topological polar surface area (TPSA) is 117 Å². The van der Waals surface area contributed by atoms with Crippen molar-refractivity contribution in [3.8, 4) is 5.75 Å². The molecule has 0 saturated carbocycles. The van der Waals surface area contributed by atoms with E-state index in [0.717, 1.165) is 11.1 Å². The van der Waals surface area contributed by atoms with Crippen LogP contribution >= 0.6 is 0 Å². The van der Waals surface area contributed by atoms with Gasteiger partial charge in [-0.05, 0) is 23.3 Å². The predicted octanol–water partition coefficient (Wildman–Crippen LogP) is 2.09. The number of carbonyl (C=O) groups is 2. The summed E-state index contributed by atoms with van der Waals surface area (Å²) in [6.07, 6.45) is -0.537. The number of hydrogen-bond acceptors (Lipinski definition) is 5. The first-order valence-corrected chi connectivity index (χ1v) is 10.2. The van der Waals surface area contributed by atoms with Crippen molar-refractivity contribution in [1.29, 1.82) is 0 Å². The maximum Gasteiger partial charge on any atom is 0.408 e. The van der Waals surface area contributed by atoms with E-state index in [1.807, 2.05) is 54.6 Å². The zero-order chi connectivity index (χ0) is 22.5. The largest absolute Gasteiger partial charge is 0.497 e. The molecule has 3 N–H and O–H groups in total. The molecule has 1 unspecified atom stereocenters. The molecule has 0 fully saturated rings. The van der Waals surface area contributed by atoms with Crippen molar-refractivity contribution in [2.75, 3.05) is 7.11 Å². The molecule has 2 heterocycles. The number of aromatic nitrogens is 2. The third-order valence-electron chi connectivity index (χ3n) is 5.37. The lowest BCUT2D eigenvalue weighted by Gasteiger charge is -2.25. The van der Waals surface area contributed by atoms with E-state index in [1.54, 1.807) is 12.0 Å². The lowest BCUT2D eigenvalue weighted by Crippen LogP contribution is -2.48. The van der Waals surface area contributed by atoms with Crippen LogP contribution < -0.4 is 15.6 Å². The highest BCUT2D eigenvalue weighted by Gasteiger charge is 2.33. The van der Waals surface area contributed by atoms with E-state index in [4.69, 9.17) is 9.47 Å². The molecule has 0 spiro atoms. The number of fused-ring (bicyclic) bond motifs is 1. The van der Waals surface area contributed by atoms with Crippen LogP contribution in [-0.4, -0.2) is 40.2 Å². The summed E-state index contributed by atoms with van der Waals surface area (Å²) in [7, 11) is 1.58. The molecule has 1 aliphatic rings. The third kappa shape index (κ3) is 4.83. The Morgan fingerprint density at radius 1 is 1.06 bits per heavy atom. The second kappa shape index (κ2) is 9.42. The quantitative estimate of drug-likeness (QED) is 0.547. The first-order valence-electron chi connectivity index (χ1n) is 10.2. The third-order valence-corrected chi connectivity index (χ3v) is 5.37. The Morgan fingerprint density at radius 2 is 1.81 bits per heavy atom. The van der Waals surface area contributed by atoms with Crippen LogP contribution in [0.15, 0.2) is 59.4 Å². The van der Waals surface area contributed by atoms with Gasteiger partial charge in [0.25, 0.3) is 5.56 Å². The number of carbonyl (C=O) groups excluding carboxylic acids is 2. The monoisotopic (exact) mass is 436 g/mol. The van der Waals surface area contributed by atoms with E-state index in [0.29, 0.717) is 17.0 Å². The Morgan fingerprint density at radius 3 is 2.53 bits per heavy atom. The summed E-state index contributed by atoms with van der Waals surface area (Å²) in [5.74, 6) is 0.419. The number of benzene rings is 2. The van der Waals surface area contributed by atoms with E-state index in [1.165, 1.54) is 0 Å². The molecular formula is C23H24N4O5. The standard InChI is InChI=1S/C23H24N4O5/c1-31-17-9-7-15(8-10-17)12-27-13-18-19(25-26-21(18)28)11-20(22(27)29)24-23(30)32-14-16-5-3-2-4-6-16/h2-10,20H,11-14H2,1H3,(H,24,30)(H2,25,26,28). The van der Waals surface area contributed by atoms with Gasteiger partial charge in [0.2, 0.25) is 5.91 Å². The van der Waals surface area contributed by atoms with Gasteiger partial charge in [0, 0.05) is 18.7 Å². The fourth-order valence-corrected chi connectivity index (χ4v) is 3.65. The molecular weight excluding hydrogens is 412 g/mol. The van der Waals surface area contributed by atoms with Gasteiger partial charge in [-0.15, -0.1) is 0 Å². The molecule has 0 bridgehead atoms. The molecule has 4 rings (SSSR count). The number of rotatable bonds is 6. The van der Waals surface area contributed by atoms with Gasteiger partial charge in [-0.25, -0.2) is 4.79 Å². The van der Waals surface area contributed by atoms with E-state index >= 15 is 0 Å². The summed E-state index contributed by atoms with van der Waals surface area (Å²) >= 11 is 0. The smallest absolute Gasteiger partial charge is 0.408 e. The highest BCUT2D eigenvalue weighted by Crippen LogP contribution is 2.19. The molecule has 9 heteroatoms. The number of amides is 2. The number of aromatic amines is 2. The maximum atomic E-state index is 13.3. The van der Waals surface area contributed by atoms with Crippen molar-refractivity contribution in [3.05, 3.63) is 87.3 Å². The molecule has 0 saturated heterocycles. The molecule has 1 aliphatic heterocycles. The van der Waals surface area contributed by atoms with Gasteiger partial charge in [0.05, 0.1) is 19.2 Å². The summed E-state index contributed by atoms with van der Waals surface area (Å²) in [5.41, 5.74) is 2.51. The molecule has 166 valence electrons. The van der Waals surface area contributed by atoms with Gasteiger partial charge < -0.3 is 24.8 Å². The van der Waals surface area contributed by atoms with Crippen molar-refractivity contribution in [2.24, 2.45) is 0 Å². The second-order valence-electron chi connectivity index (χ2n) is 7.54. The lowest BCUT2D eigenvalue weighted by atomic mass is 10.1. The Labute approximate surface area is 184 Å². The summed E-state index contributed by atoms with van der Waals surface area (Å²) in [6, 6.07) is 15.7. The van der Waals surface area contributed by atoms with Crippen LogP contribution in [0.4, 0.5) is 4.79 Å². The number of nitrogens with zero attached hydrogens (tertiary/aromatic N) is 1. The average molecular weight is 436 g/mol. The van der Waals surface area contributed by atoms with Crippen LogP contribution in [0.1, 0.15) is 22.4 Å². The van der Waals surface area contributed by atoms with Gasteiger partial charge in [-0.1, -0.05) is 42.5 Å². The summed E-state index contributed by atoms with van der Waals surface area (Å²) in [4.78, 5) is 39.5. The Bertz CT molecular complexity index is 1140. The van der Waals surface area contributed by atoms with Crippen LogP contribution in [0.5, 0.6) is 5.75 Å². The first-order chi connectivity index (χ1) is 15.5. The summed E-state index contributed by atoms with van der Waals surface area (Å²) < 4.78 is 10.5. The van der Waals surface area contributed by atoms with Crippen molar-refractivity contribution in [1.82, 2.24) is 20.4 Å². The van der Waals surface area contributed by atoms with Crippen molar-refractivity contribution in [2.45, 2.75) is 32.2 Å². The molecule has 9 nitrogen and oxygen atoms in total. The number of nitrogens with one attached hydrogen (secondary N) is 3. The molecule has 1 aromatic heterocycles. The minimum Gasteiger partial charge on any atom is -0.497 e. The highest BCUT2D eigenvalue weighted by atomic mass is 16.5. The predicted molar refractivity (Wildman–Crippen MR) is 116 cm³/mol. The number of hydrogen-bond donors (Lipinski definition) is 3. The Hall–Kier alpha value is -4.01. The summed E-state index contributed by atoms with van der Waals surface area (Å²) in [5, 5.41) is 8.04. The van der Waals surface area contributed by atoms with Gasteiger partial charge >= 0.3 is 6.09 Å². The number of H-pyrrole nitrogens is 2. The molecule has 2 amide bonds. The lowest BCUT2D eigenvalue weighted by molar-refractivity contribution is -0.134. The van der Waals surface area contributed by atoms with Crippen molar-refractivity contribution >= 4 is 12.0 Å². The SMILES string of the molecule is COc1ccc(CN2Cc3c([nH][nH]c3=O)CC(NC(=O)OCc3ccccc3)C2=O)cc1. The maximum absolute atomic E-state index is 13.3. The molecule has 1 atom stereocenters. The molecule has 0 aliphatic carbocycles. The normalized spacial score (nSPS) is 15.6. The zero-order valence-electron chi connectivity index (χ0n) is 17.6. The average Bonchev–Trinajstić information content (AvgIpc) is 3.10. The van der Waals surface area contributed by atoms with Gasteiger partial charge in [0.15, 0.2) is 0 Å². The van der Waals surface area contributed by atoms with Crippen LogP contribution in [0.25, 0.3) is 0 Å². The van der Waals surface area contributed by atoms with Crippen molar-refractivity contribution < 1.29 is 19.1 Å². The minimum absolute atomic E-state index is 0.0926. The van der Waals surface area contributed by atoms with Gasteiger partial charge in [-0.2, -0.15) is 0 Å². The Kier molecular flexibility index (Phi) is 6.25. The van der Waals surface area contributed by atoms with Crippen LogP contribution in [0.2, 0.25) is 0 Å². The van der Waals surface area contributed by atoms with Crippen molar-refractivity contribution in [3.63, 3.8) is 0 Å². The van der Waals surface area contributed by atoms with Crippen LogP contribution in [0, 0.1) is 0 Å². The molecule has 3 aromatic rings. The van der Waals surface area contributed by atoms with E-state index < -0.39 is 12.1 Å². The Balaban J connectivity index is 1.49. The van der Waals surface area contributed by atoms with Gasteiger partial charge in [-0.3, -0.25) is 14.7 Å². The first kappa shape index (κ1) is 21.2.